The Balaban J connectivity index is 1.48. The van der Waals surface area contributed by atoms with Gasteiger partial charge in [-0.2, -0.15) is 11.3 Å². The molecule has 1 fully saturated rings. The Morgan fingerprint density at radius 1 is 1.38 bits per heavy atom. The summed E-state index contributed by atoms with van der Waals surface area (Å²) in [5.41, 5.74) is 2.06. The van der Waals surface area contributed by atoms with Gasteiger partial charge in [0, 0.05) is 26.2 Å². The maximum Gasteiger partial charge on any atom is 0.250 e. The first-order chi connectivity index (χ1) is 11.7. The summed E-state index contributed by atoms with van der Waals surface area (Å²) in [6.45, 7) is 2.93. The highest BCUT2D eigenvalue weighted by molar-refractivity contribution is 7.07. The number of nitrogens with one attached hydrogen (secondary N) is 1. The maximum atomic E-state index is 12.3. The van der Waals surface area contributed by atoms with Gasteiger partial charge in [-0.15, -0.1) is 0 Å². The smallest absolute Gasteiger partial charge is 0.250 e. The van der Waals surface area contributed by atoms with Gasteiger partial charge in [0.15, 0.2) is 0 Å². The van der Waals surface area contributed by atoms with Crippen LogP contribution in [0.15, 0.2) is 47.2 Å². The van der Waals surface area contributed by atoms with Gasteiger partial charge in [-0.3, -0.25) is 9.69 Å². The fourth-order valence-corrected chi connectivity index (χ4v) is 3.45. The highest BCUT2D eigenvalue weighted by Crippen LogP contribution is 2.15. The first-order valence-electron chi connectivity index (χ1n) is 8.08. The number of rotatable bonds is 6. The van der Waals surface area contributed by atoms with E-state index < -0.39 is 12.2 Å². The largest absolute Gasteiger partial charge is 0.387 e. The first-order valence-corrected chi connectivity index (χ1v) is 9.02. The van der Waals surface area contributed by atoms with Crippen LogP contribution in [0.4, 0.5) is 0 Å². The lowest BCUT2D eigenvalue weighted by Crippen LogP contribution is -2.50. The number of amides is 1. The summed E-state index contributed by atoms with van der Waals surface area (Å²) in [5, 5.41) is 16.6. The molecule has 0 spiro atoms. The SMILES string of the molecule is O=C(NCC(O)c1ccsc1)C1CN(Cc2ccccc2)CCO1. The normalized spacial score (nSPS) is 19.8. The lowest BCUT2D eigenvalue weighted by atomic mass is 10.1. The van der Waals surface area contributed by atoms with Crippen molar-refractivity contribution in [3.63, 3.8) is 0 Å². The molecule has 2 N–H and O–H groups in total. The van der Waals surface area contributed by atoms with Gasteiger partial charge < -0.3 is 15.2 Å². The van der Waals surface area contributed by atoms with Crippen molar-refractivity contribution in [3.05, 3.63) is 58.3 Å². The highest BCUT2D eigenvalue weighted by Gasteiger charge is 2.27. The Morgan fingerprint density at radius 3 is 2.96 bits per heavy atom. The third-order valence-corrected chi connectivity index (χ3v) is 4.79. The van der Waals surface area contributed by atoms with Crippen molar-refractivity contribution in [2.24, 2.45) is 0 Å². The Hall–Kier alpha value is -1.73. The van der Waals surface area contributed by atoms with Crippen molar-refractivity contribution in [2.45, 2.75) is 18.8 Å². The number of ether oxygens (including phenoxy) is 1. The minimum Gasteiger partial charge on any atom is -0.387 e. The number of aliphatic hydroxyl groups excluding tert-OH is 1. The van der Waals surface area contributed by atoms with E-state index in [4.69, 9.17) is 4.74 Å². The van der Waals surface area contributed by atoms with Gasteiger partial charge in [0.25, 0.3) is 5.91 Å². The summed E-state index contributed by atoms with van der Waals surface area (Å²) in [5.74, 6) is -0.165. The molecule has 6 heteroatoms. The third kappa shape index (κ3) is 4.64. The number of morpholine rings is 1. The second kappa shape index (κ2) is 8.39. The molecule has 2 heterocycles. The molecule has 2 aromatic rings. The van der Waals surface area contributed by atoms with E-state index in [1.165, 1.54) is 16.9 Å². The van der Waals surface area contributed by atoms with E-state index in [-0.39, 0.29) is 12.5 Å². The lowest BCUT2D eigenvalue weighted by Gasteiger charge is -2.32. The zero-order valence-electron chi connectivity index (χ0n) is 13.4. The van der Waals surface area contributed by atoms with Gasteiger partial charge >= 0.3 is 0 Å². The number of carbonyl (C=O) groups is 1. The van der Waals surface area contributed by atoms with Crippen molar-refractivity contribution >= 4 is 17.2 Å². The summed E-state index contributed by atoms with van der Waals surface area (Å²) in [7, 11) is 0. The van der Waals surface area contributed by atoms with E-state index in [2.05, 4.69) is 22.3 Å². The maximum absolute atomic E-state index is 12.3. The number of nitrogens with zero attached hydrogens (tertiary/aromatic N) is 1. The number of aliphatic hydroxyl groups is 1. The minimum atomic E-state index is -0.677. The molecule has 1 saturated heterocycles. The second-order valence-electron chi connectivity index (χ2n) is 5.90. The molecule has 1 amide bonds. The van der Waals surface area contributed by atoms with Gasteiger partial charge in [-0.1, -0.05) is 30.3 Å². The Bertz CT molecular complexity index is 633. The fourth-order valence-electron chi connectivity index (χ4n) is 2.74. The predicted octanol–water partition coefficient (Wildman–Crippen LogP) is 1.80. The van der Waals surface area contributed by atoms with Crippen LogP contribution in [-0.2, 0) is 16.1 Å². The molecule has 1 aliphatic rings. The van der Waals surface area contributed by atoms with Gasteiger partial charge in [0.1, 0.15) is 6.10 Å². The number of thiophene rings is 1. The summed E-state index contributed by atoms with van der Waals surface area (Å²) >= 11 is 1.53. The molecule has 2 atom stereocenters. The molecule has 0 saturated carbocycles. The summed E-state index contributed by atoms with van der Waals surface area (Å²) < 4.78 is 5.60. The van der Waals surface area contributed by atoms with Crippen LogP contribution < -0.4 is 5.32 Å². The van der Waals surface area contributed by atoms with Crippen LogP contribution in [0.25, 0.3) is 0 Å². The molecule has 0 bridgehead atoms. The van der Waals surface area contributed by atoms with Gasteiger partial charge in [0.2, 0.25) is 0 Å². The zero-order valence-corrected chi connectivity index (χ0v) is 14.2. The molecule has 1 aromatic heterocycles. The van der Waals surface area contributed by atoms with Crippen molar-refractivity contribution in [1.82, 2.24) is 10.2 Å². The molecular formula is C18H22N2O3S. The second-order valence-corrected chi connectivity index (χ2v) is 6.68. The van der Waals surface area contributed by atoms with Gasteiger partial charge in [0.05, 0.1) is 12.7 Å². The summed E-state index contributed by atoms with van der Waals surface area (Å²) in [4.78, 5) is 14.5. The fraction of sp³-hybridized carbons (Fsp3) is 0.389. The molecule has 5 nitrogen and oxygen atoms in total. The molecule has 3 rings (SSSR count). The highest BCUT2D eigenvalue weighted by atomic mass is 32.1. The third-order valence-electron chi connectivity index (χ3n) is 4.09. The lowest BCUT2D eigenvalue weighted by molar-refractivity contribution is -0.139. The first kappa shape index (κ1) is 17.1. The van der Waals surface area contributed by atoms with Crippen LogP contribution in [0, 0.1) is 0 Å². The number of hydrogen-bond donors (Lipinski definition) is 2. The van der Waals surface area contributed by atoms with Gasteiger partial charge in [-0.05, 0) is 28.0 Å². The van der Waals surface area contributed by atoms with Crippen molar-refractivity contribution in [2.75, 3.05) is 26.2 Å². The van der Waals surface area contributed by atoms with E-state index >= 15 is 0 Å². The zero-order chi connectivity index (χ0) is 16.8. The van der Waals surface area contributed by atoms with Crippen LogP contribution in [0.1, 0.15) is 17.2 Å². The topological polar surface area (TPSA) is 61.8 Å². The van der Waals surface area contributed by atoms with Crippen LogP contribution in [0.2, 0.25) is 0 Å². The molecule has 1 aliphatic heterocycles. The van der Waals surface area contributed by atoms with Crippen LogP contribution >= 0.6 is 11.3 Å². The molecule has 0 aliphatic carbocycles. The molecular weight excluding hydrogens is 324 g/mol. The molecule has 2 unspecified atom stereocenters. The van der Waals surface area contributed by atoms with Crippen molar-refractivity contribution in [1.29, 1.82) is 0 Å². The van der Waals surface area contributed by atoms with E-state index in [0.717, 1.165) is 18.7 Å². The molecule has 1 aromatic carbocycles. The summed E-state index contributed by atoms with van der Waals surface area (Å²) in [6, 6.07) is 12.1. The Kier molecular flexibility index (Phi) is 5.98. The van der Waals surface area contributed by atoms with Crippen molar-refractivity contribution in [3.8, 4) is 0 Å². The van der Waals surface area contributed by atoms with Crippen LogP contribution in [0.3, 0.4) is 0 Å². The summed E-state index contributed by atoms with van der Waals surface area (Å²) in [6.07, 6.45) is -1.17. The van der Waals surface area contributed by atoms with E-state index in [0.29, 0.717) is 13.2 Å². The number of benzene rings is 1. The monoisotopic (exact) mass is 346 g/mol. The van der Waals surface area contributed by atoms with Gasteiger partial charge in [-0.25, -0.2) is 0 Å². The number of carbonyl (C=O) groups excluding carboxylic acids is 1. The van der Waals surface area contributed by atoms with Crippen molar-refractivity contribution < 1.29 is 14.6 Å². The van der Waals surface area contributed by atoms with E-state index in [9.17, 15) is 9.90 Å². The van der Waals surface area contributed by atoms with Crippen LogP contribution in [-0.4, -0.2) is 48.3 Å². The standard InChI is InChI=1S/C18H22N2O3S/c21-16(15-6-9-24-13-15)10-19-18(22)17-12-20(7-8-23-17)11-14-4-2-1-3-5-14/h1-6,9,13,16-17,21H,7-8,10-12H2,(H,19,22). The van der Waals surface area contributed by atoms with E-state index in [1.54, 1.807) is 0 Å². The quantitative estimate of drug-likeness (QED) is 0.837. The predicted molar refractivity (Wildman–Crippen MR) is 93.7 cm³/mol. The number of hydrogen-bond acceptors (Lipinski definition) is 5. The molecule has 128 valence electrons. The average Bonchev–Trinajstić information content (AvgIpc) is 3.15. The molecule has 24 heavy (non-hydrogen) atoms. The molecule has 0 radical (unpaired) electrons. The average molecular weight is 346 g/mol. The van der Waals surface area contributed by atoms with E-state index in [1.807, 2.05) is 35.0 Å². The Morgan fingerprint density at radius 2 is 2.21 bits per heavy atom. The minimum absolute atomic E-state index is 0.165. The van der Waals surface area contributed by atoms with Crippen LogP contribution in [0.5, 0.6) is 0 Å². The Labute approximate surface area is 145 Å².